The van der Waals surface area contributed by atoms with E-state index in [9.17, 15) is 14.7 Å². The zero-order valence-electron chi connectivity index (χ0n) is 18.9. The van der Waals surface area contributed by atoms with E-state index >= 15 is 0 Å². The fraction of sp³-hybridized carbons (Fsp3) is 0.385. The molecule has 1 saturated heterocycles. The Bertz CT molecular complexity index is 959. The first-order chi connectivity index (χ1) is 14.8. The summed E-state index contributed by atoms with van der Waals surface area (Å²) in [6.07, 6.45) is 4.03. The van der Waals surface area contributed by atoms with Gasteiger partial charge >= 0.3 is 0 Å². The number of aliphatic hydroxyl groups is 1. The second-order valence-corrected chi connectivity index (χ2v) is 8.41. The first-order valence-electron chi connectivity index (χ1n) is 11.0. The average Bonchev–Trinajstić information content (AvgIpc) is 3.01. The van der Waals surface area contributed by atoms with E-state index in [-0.39, 0.29) is 11.3 Å². The van der Waals surface area contributed by atoms with E-state index < -0.39 is 17.7 Å². The first-order valence-corrected chi connectivity index (χ1v) is 11.0. The number of carbonyl (C=O) groups is 2. The van der Waals surface area contributed by atoms with Gasteiger partial charge in [-0.15, -0.1) is 0 Å². The van der Waals surface area contributed by atoms with E-state index in [2.05, 4.69) is 6.92 Å². The Labute approximate surface area is 185 Å². The van der Waals surface area contributed by atoms with Gasteiger partial charge in [-0.25, -0.2) is 0 Å². The fourth-order valence-electron chi connectivity index (χ4n) is 3.99. The van der Waals surface area contributed by atoms with Crippen LogP contribution in [0.2, 0.25) is 0 Å². The van der Waals surface area contributed by atoms with Crippen LogP contribution in [0.1, 0.15) is 55.3 Å². The fourth-order valence-corrected chi connectivity index (χ4v) is 3.99. The number of anilines is 1. The predicted molar refractivity (Wildman–Crippen MR) is 125 cm³/mol. The van der Waals surface area contributed by atoms with Gasteiger partial charge < -0.3 is 14.9 Å². The highest BCUT2D eigenvalue weighted by Gasteiger charge is 2.45. The van der Waals surface area contributed by atoms with E-state index in [0.29, 0.717) is 12.1 Å². The summed E-state index contributed by atoms with van der Waals surface area (Å²) < 4.78 is 0. The molecule has 0 aromatic heterocycles. The van der Waals surface area contributed by atoms with Gasteiger partial charge in [0.1, 0.15) is 5.76 Å². The zero-order chi connectivity index (χ0) is 22.5. The number of carbonyl (C=O) groups excluding carboxylic acids is 2. The predicted octanol–water partition coefficient (Wildman–Crippen LogP) is 5.06. The number of hydrogen-bond acceptors (Lipinski definition) is 4. The highest BCUT2D eigenvalue weighted by atomic mass is 16.3. The standard InChI is InChI=1S/C26H32N2O3/c1-5-6-7-8-17-28-23(19-13-15-21(16-14-19)27(3)4)22(25(30)26(28)31)24(29)20-11-9-18(2)10-12-20/h9-16,23,29H,5-8,17H2,1-4H3/b24-22+/t23-/m1/s1. The third-order valence-electron chi connectivity index (χ3n) is 5.84. The minimum Gasteiger partial charge on any atom is -0.507 e. The molecule has 1 aliphatic heterocycles. The molecule has 1 fully saturated rings. The second-order valence-electron chi connectivity index (χ2n) is 8.41. The average molecular weight is 421 g/mol. The second kappa shape index (κ2) is 9.82. The summed E-state index contributed by atoms with van der Waals surface area (Å²) in [4.78, 5) is 29.6. The number of rotatable bonds is 8. The Morgan fingerprint density at radius 1 is 0.968 bits per heavy atom. The third kappa shape index (κ3) is 4.82. The van der Waals surface area contributed by atoms with Crippen LogP contribution in [0, 0.1) is 6.92 Å². The molecule has 1 atom stereocenters. The number of unbranched alkanes of at least 4 members (excludes halogenated alkanes) is 3. The minimum atomic E-state index is -0.616. The summed E-state index contributed by atoms with van der Waals surface area (Å²) in [6.45, 7) is 4.60. The first kappa shape index (κ1) is 22.6. The number of Topliss-reactive ketones (excluding diaryl/α,β-unsaturated/α-hetero) is 1. The summed E-state index contributed by atoms with van der Waals surface area (Å²) >= 11 is 0. The Balaban J connectivity index is 2.06. The summed E-state index contributed by atoms with van der Waals surface area (Å²) in [7, 11) is 3.93. The molecule has 2 aromatic rings. The van der Waals surface area contributed by atoms with Crippen molar-refractivity contribution in [1.82, 2.24) is 4.90 Å². The zero-order valence-corrected chi connectivity index (χ0v) is 18.9. The highest BCUT2D eigenvalue weighted by molar-refractivity contribution is 6.46. The Hall–Kier alpha value is -3.08. The lowest BCUT2D eigenvalue weighted by Crippen LogP contribution is -2.30. The highest BCUT2D eigenvalue weighted by Crippen LogP contribution is 2.40. The number of likely N-dealkylation sites (tertiary alicyclic amines) is 1. The van der Waals surface area contributed by atoms with E-state index in [1.54, 1.807) is 17.0 Å². The van der Waals surface area contributed by atoms with Crippen LogP contribution in [0.15, 0.2) is 54.1 Å². The van der Waals surface area contributed by atoms with Gasteiger partial charge in [0.25, 0.3) is 11.7 Å². The van der Waals surface area contributed by atoms with Crippen LogP contribution in [0.3, 0.4) is 0 Å². The molecule has 1 aliphatic rings. The number of nitrogens with zero attached hydrogens (tertiary/aromatic N) is 2. The van der Waals surface area contributed by atoms with Crippen molar-refractivity contribution in [3.8, 4) is 0 Å². The van der Waals surface area contributed by atoms with Crippen molar-refractivity contribution in [2.45, 2.75) is 45.6 Å². The number of aliphatic hydroxyl groups excluding tert-OH is 1. The van der Waals surface area contributed by atoms with Crippen molar-refractivity contribution in [2.75, 3.05) is 25.5 Å². The van der Waals surface area contributed by atoms with Gasteiger partial charge in [0.2, 0.25) is 0 Å². The van der Waals surface area contributed by atoms with Gasteiger partial charge in [-0.05, 0) is 31.0 Å². The van der Waals surface area contributed by atoms with E-state index in [0.717, 1.165) is 42.5 Å². The van der Waals surface area contributed by atoms with Crippen LogP contribution in [-0.2, 0) is 9.59 Å². The van der Waals surface area contributed by atoms with Crippen LogP contribution in [-0.4, -0.2) is 42.3 Å². The normalized spacial score (nSPS) is 17.9. The molecule has 0 spiro atoms. The maximum absolute atomic E-state index is 13.0. The molecular weight excluding hydrogens is 388 g/mol. The van der Waals surface area contributed by atoms with Crippen LogP contribution in [0.25, 0.3) is 5.76 Å². The van der Waals surface area contributed by atoms with Gasteiger partial charge in [0.15, 0.2) is 0 Å². The summed E-state index contributed by atoms with van der Waals surface area (Å²) in [6, 6.07) is 14.6. The molecule has 0 aliphatic carbocycles. The summed E-state index contributed by atoms with van der Waals surface area (Å²) in [5.41, 5.74) is 3.63. The molecule has 0 bridgehead atoms. The SMILES string of the molecule is CCCCCCN1C(=O)C(=O)/C(=C(/O)c2ccc(C)cc2)[C@H]1c1ccc(N(C)C)cc1. The Morgan fingerprint density at radius 3 is 2.19 bits per heavy atom. The van der Waals surface area contributed by atoms with E-state index in [4.69, 9.17) is 0 Å². The quantitative estimate of drug-likeness (QED) is 0.281. The molecule has 0 saturated carbocycles. The number of benzene rings is 2. The molecule has 1 N–H and O–H groups in total. The Morgan fingerprint density at radius 2 is 1.61 bits per heavy atom. The summed E-state index contributed by atoms with van der Waals surface area (Å²) in [5, 5.41) is 11.1. The minimum absolute atomic E-state index is 0.115. The van der Waals surface area contributed by atoms with Crippen LogP contribution < -0.4 is 4.90 Å². The molecule has 0 radical (unpaired) electrons. The van der Waals surface area contributed by atoms with Gasteiger partial charge in [0, 0.05) is 31.9 Å². The van der Waals surface area contributed by atoms with Crippen LogP contribution >= 0.6 is 0 Å². The molecule has 31 heavy (non-hydrogen) atoms. The van der Waals surface area contributed by atoms with Crippen molar-refractivity contribution < 1.29 is 14.7 Å². The third-order valence-corrected chi connectivity index (χ3v) is 5.84. The van der Waals surface area contributed by atoms with Crippen LogP contribution in [0.4, 0.5) is 5.69 Å². The van der Waals surface area contributed by atoms with Crippen molar-refractivity contribution >= 4 is 23.1 Å². The number of ketones is 1. The van der Waals surface area contributed by atoms with E-state index in [1.165, 1.54) is 0 Å². The lowest BCUT2D eigenvalue weighted by molar-refractivity contribution is -0.139. The lowest BCUT2D eigenvalue weighted by atomic mass is 9.94. The van der Waals surface area contributed by atoms with Crippen LogP contribution in [0.5, 0.6) is 0 Å². The van der Waals surface area contributed by atoms with Gasteiger partial charge in [-0.3, -0.25) is 9.59 Å². The number of hydrogen-bond donors (Lipinski definition) is 1. The molecule has 5 heteroatoms. The molecule has 1 amide bonds. The van der Waals surface area contributed by atoms with Gasteiger partial charge in [-0.1, -0.05) is 68.1 Å². The number of aryl methyl sites for hydroxylation is 1. The number of amides is 1. The largest absolute Gasteiger partial charge is 0.507 e. The monoisotopic (exact) mass is 420 g/mol. The van der Waals surface area contributed by atoms with Gasteiger partial charge in [0.05, 0.1) is 11.6 Å². The Kier molecular flexibility index (Phi) is 7.16. The molecule has 1 heterocycles. The van der Waals surface area contributed by atoms with Crippen molar-refractivity contribution in [3.05, 3.63) is 70.8 Å². The van der Waals surface area contributed by atoms with Crippen molar-refractivity contribution in [1.29, 1.82) is 0 Å². The topological polar surface area (TPSA) is 60.9 Å². The lowest BCUT2D eigenvalue weighted by Gasteiger charge is -2.26. The summed E-state index contributed by atoms with van der Waals surface area (Å²) in [5.74, 6) is -1.27. The van der Waals surface area contributed by atoms with Crippen molar-refractivity contribution in [2.24, 2.45) is 0 Å². The maximum Gasteiger partial charge on any atom is 0.295 e. The van der Waals surface area contributed by atoms with Crippen molar-refractivity contribution in [3.63, 3.8) is 0 Å². The smallest absolute Gasteiger partial charge is 0.295 e. The van der Waals surface area contributed by atoms with Gasteiger partial charge in [-0.2, -0.15) is 0 Å². The maximum atomic E-state index is 13.0. The molecule has 5 nitrogen and oxygen atoms in total. The molecular formula is C26H32N2O3. The molecule has 3 rings (SSSR count). The molecule has 2 aromatic carbocycles. The molecule has 0 unspecified atom stereocenters. The molecule has 164 valence electrons. The van der Waals surface area contributed by atoms with E-state index in [1.807, 2.05) is 62.3 Å².